The summed E-state index contributed by atoms with van der Waals surface area (Å²) in [4.78, 5) is 16.2. The van der Waals surface area contributed by atoms with Crippen LogP contribution in [0.5, 0.6) is 5.75 Å². The van der Waals surface area contributed by atoms with Crippen LogP contribution in [0.3, 0.4) is 0 Å². The third-order valence-electron chi connectivity index (χ3n) is 3.71. The molecule has 4 nitrogen and oxygen atoms in total. The van der Waals surface area contributed by atoms with Gasteiger partial charge >= 0.3 is 0 Å². The quantitative estimate of drug-likeness (QED) is 0.799. The third-order valence-corrected chi connectivity index (χ3v) is 3.71. The number of likely N-dealkylation sites (N-methyl/N-ethyl adjacent to an activating group) is 1. The lowest BCUT2D eigenvalue weighted by atomic mass is 10.1. The number of carbonyl (C=O) groups is 1. The number of ether oxygens (including phenoxy) is 1. The summed E-state index contributed by atoms with van der Waals surface area (Å²) in [6, 6.07) is 4.82. The van der Waals surface area contributed by atoms with Gasteiger partial charge in [0, 0.05) is 31.8 Å². The van der Waals surface area contributed by atoms with Crippen molar-refractivity contribution in [1.82, 2.24) is 9.80 Å². The van der Waals surface area contributed by atoms with Crippen LogP contribution in [-0.2, 0) is 4.79 Å². The fourth-order valence-electron chi connectivity index (χ4n) is 2.52. The first-order chi connectivity index (χ1) is 10.0. The normalized spacial score (nSPS) is 20.0. The molecule has 0 aliphatic carbocycles. The Kier molecular flexibility index (Phi) is 4.96. The van der Waals surface area contributed by atoms with Gasteiger partial charge in [-0.3, -0.25) is 4.79 Å². The van der Waals surface area contributed by atoms with E-state index < -0.39 is 5.82 Å². The monoisotopic (exact) mass is 292 g/mol. The molecule has 0 N–H and O–H groups in total. The molecule has 1 heterocycles. The van der Waals surface area contributed by atoms with Gasteiger partial charge in [0.05, 0.1) is 7.11 Å². The summed E-state index contributed by atoms with van der Waals surface area (Å²) in [5.41, 5.74) is 0.642. The molecule has 1 aliphatic rings. The second-order valence-electron chi connectivity index (χ2n) is 5.37. The SMILES string of the molecule is COc1ccc(C=CC(=O)N2CCN(C)CC2C)cc1F. The first-order valence-corrected chi connectivity index (χ1v) is 7.02. The molecule has 0 saturated carbocycles. The number of hydrogen-bond donors (Lipinski definition) is 0. The van der Waals surface area contributed by atoms with Gasteiger partial charge in [0.15, 0.2) is 11.6 Å². The van der Waals surface area contributed by atoms with E-state index in [0.717, 1.165) is 19.6 Å². The Labute approximate surface area is 124 Å². The average Bonchev–Trinajstić information content (AvgIpc) is 2.45. The minimum Gasteiger partial charge on any atom is -0.494 e. The fourth-order valence-corrected chi connectivity index (χ4v) is 2.52. The summed E-state index contributed by atoms with van der Waals surface area (Å²) in [7, 11) is 3.47. The van der Waals surface area contributed by atoms with Crippen molar-refractivity contribution < 1.29 is 13.9 Å². The summed E-state index contributed by atoms with van der Waals surface area (Å²) in [5.74, 6) is -0.266. The minimum absolute atomic E-state index is 0.0353. The zero-order chi connectivity index (χ0) is 15.4. The highest BCUT2D eigenvalue weighted by molar-refractivity contribution is 5.92. The van der Waals surface area contributed by atoms with E-state index in [1.807, 2.05) is 18.9 Å². The van der Waals surface area contributed by atoms with Gasteiger partial charge in [-0.05, 0) is 37.7 Å². The lowest BCUT2D eigenvalue weighted by Crippen LogP contribution is -2.52. The first kappa shape index (κ1) is 15.5. The zero-order valence-electron chi connectivity index (χ0n) is 12.7. The summed E-state index contributed by atoms with van der Waals surface area (Å²) in [6.45, 7) is 4.50. The van der Waals surface area contributed by atoms with Gasteiger partial charge in [-0.1, -0.05) is 6.07 Å². The number of halogens is 1. The van der Waals surface area contributed by atoms with Crippen LogP contribution in [0.25, 0.3) is 6.08 Å². The number of rotatable bonds is 3. The summed E-state index contributed by atoms with van der Waals surface area (Å²) >= 11 is 0. The van der Waals surface area contributed by atoms with E-state index >= 15 is 0 Å². The second kappa shape index (κ2) is 6.72. The third kappa shape index (κ3) is 3.82. The Balaban J connectivity index is 2.03. The highest BCUT2D eigenvalue weighted by atomic mass is 19.1. The zero-order valence-corrected chi connectivity index (χ0v) is 12.7. The maximum atomic E-state index is 13.6. The highest BCUT2D eigenvalue weighted by Crippen LogP contribution is 2.18. The van der Waals surface area contributed by atoms with Crippen LogP contribution in [0, 0.1) is 5.82 Å². The van der Waals surface area contributed by atoms with Crippen molar-refractivity contribution in [1.29, 1.82) is 0 Å². The molecule has 1 atom stereocenters. The predicted molar refractivity (Wildman–Crippen MR) is 80.7 cm³/mol. The lowest BCUT2D eigenvalue weighted by Gasteiger charge is -2.37. The molecule has 114 valence electrons. The molecule has 1 aliphatic heterocycles. The molecule has 0 spiro atoms. The van der Waals surface area contributed by atoms with Gasteiger partial charge in [0.1, 0.15) is 0 Å². The second-order valence-corrected chi connectivity index (χ2v) is 5.37. The maximum absolute atomic E-state index is 13.6. The van der Waals surface area contributed by atoms with Crippen LogP contribution < -0.4 is 4.74 Å². The summed E-state index contributed by atoms with van der Waals surface area (Å²) in [6.07, 6.45) is 3.14. The number of piperazine rings is 1. The Morgan fingerprint density at radius 1 is 1.43 bits per heavy atom. The molecule has 1 aromatic carbocycles. The van der Waals surface area contributed by atoms with Crippen LogP contribution in [0.1, 0.15) is 12.5 Å². The Bertz CT molecular complexity index is 545. The number of amides is 1. The van der Waals surface area contributed by atoms with Gasteiger partial charge in [-0.25, -0.2) is 4.39 Å². The first-order valence-electron chi connectivity index (χ1n) is 7.02. The summed E-state index contributed by atoms with van der Waals surface area (Å²) in [5, 5.41) is 0. The van der Waals surface area contributed by atoms with E-state index in [9.17, 15) is 9.18 Å². The van der Waals surface area contributed by atoms with Crippen molar-refractivity contribution >= 4 is 12.0 Å². The molecule has 2 rings (SSSR count). The molecule has 5 heteroatoms. The van der Waals surface area contributed by atoms with Crippen molar-refractivity contribution in [2.45, 2.75) is 13.0 Å². The molecule has 1 aromatic rings. The van der Waals surface area contributed by atoms with Crippen LogP contribution >= 0.6 is 0 Å². The Morgan fingerprint density at radius 3 is 2.81 bits per heavy atom. The number of methoxy groups -OCH3 is 1. The number of carbonyl (C=O) groups excluding carboxylic acids is 1. The molecular weight excluding hydrogens is 271 g/mol. The van der Waals surface area contributed by atoms with Gasteiger partial charge in [-0.2, -0.15) is 0 Å². The van der Waals surface area contributed by atoms with E-state index in [-0.39, 0.29) is 17.7 Å². The predicted octanol–water partition coefficient (Wildman–Crippen LogP) is 2.01. The molecule has 21 heavy (non-hydrogen) atoms. The van der Waals surface area contributed by atoms with Gasteiger partial charge in [-0.15, -0.1) is 0 Å². The largest absolute Gasteiger partial charge is 0.494 e. The van der Waals surface area contributed by atoms with Crippen molar-refractivity contribution in [3.63, 3.8) is 0 Å². The molecule has 1 unspecified atom stereocenters. The van der Waals surface area contributed by atoms with Crippen LogP contribution in [-0.4, -0.2) is 55.5 Å². The topological polar surface area (TPSA) is 32.8 Å². The number of benzene rings is 1. The van der Waals surface area contributed by atoms with E-state index in [1.54, 1.807) is 18.2 Å². The molecular formula is C16H21FN2O2. The standard InChI is InChI=1S/C16H21FN2O2/c1-12-11-18(2)8-9-19(12)16(20)7-5-13-4-6-15(21-3)14(17)10-13/h4-7,10,12H,8-9,11H2,1-3H3. The van der Waals surface area contributed by atoms with Gasteiger partial charge in [0.2, 0.25) is 5.91 Å². The molecule has 0 aromatic heterocycles. The molecule has 0 radical (unpaired) electrons. The van der Waals surface area contributed by atoms with Crippen LogP contribution in [0.15, 0.2) is 24.3 Å². The van der Waals surface area contributed by atoms with E-state index in [2.05, 4.69) is 4.90 Å². The van der Waals surface area contributed by atoms with Crippen molar-refractivity contribution in [3.05, 3.63) is 35.7 Å². The van der Waals surface area contributed by atoms with E-state index in [0.29, 0.717) is 5.56 Å². The average molecular weight is 292 g/mol. The Hall–Kier alpha value is -1.88. The number of nitrogens with zero attached hydrogens (tertiary/aromatic N) is 2. The minimum atomic E-state index is -0.430. The molecule has 1 amide bonds. The van der Waals surface area contributed by atoms with E-state index in [1.165, 1.54) is 19.3 Å². The molecule has 1 saturated heterocycles. The van der Waals surface area contributed by atoms with Crippen molar-refractivity contribution in [3.8, 4) is 5.75 Å². The van der Waals surface area contributed by atoms with Gasteiger partial charge < -0.3 is 14.5 Å². The van der Waals surface area contributed by atoms with Crippen LogP contribution in [0.4, 0.5) is 4.39 Å². The molecule has 1 fully saturated rings. The van der Waals surface area contributed by atoms with Crippen molar-refractivity contribution in [2.75, 3.05) is 33.8 Å². The summed E-state index contributed by atoms with van der Waals surface area (Å²) < 4.78 is 18.4. The maximum Gasteiger partial charge on any atom is 0.246 e. The fraction of sp³-hybridized carbons (Fsp3) is 0.438. The smallest absolute Gasteiger partial charge is 0.246 e. The number of hydrogen-bond acceptors (Lipinski definition) is 3. The van der Waals surface area contributed by atoms with Crippen molar-refractivity contribution in [2.24, 2.45) is 0 Å². The highest BCUT2D eigenvalue weighted by Gasteiger charge is 2.23. The Morgan fingerprint density at radius 2 is 2.19 bits per heavy atom. The van der Waals surface area contributed by atoms with Gasteiger partial charge in [0.25, 0.3) is 0 Å². The molecule has 0 bridgehead atoms. The van der Waals surface area contributed by atoms with E-state index in [4.69, 9.17) is 4.74 Å². The lowest BCUT2D eigenvalue weighted by molar-refractivity contribution is -0.130. The van der Waals surface area contributed by atoms with Crippen LogP contribution in [0.2, 0.25) is 0 Å².